The molecule has 7 heteroatoms. The van der Waals surface area contributed by atoms with Crippen LogP contribution in [0.5, 0.6) is 5.88 Å². The van der Waals surface area contributed by atoms with Crippen molar-refractivity contribution in [3.8, 4) is 5.88 Å². The number of anilines is 3. The summed E-state index contributed by atoms with van der Waals surface area (Å²) in [5.41, 5.74) is 2.97. The van der Waals surface area contributed by atoms with E-state index >= 15 is 0 Å². The summed E-state index contributed by atoms with van der Waals surface area (Å²) in [7, 11) is 1.51. The van der Waals surface area contributed by atoms with E-state index in [9.17, 15) is 13.6 Å². The van der Waals surface area contributed by atoms with Crippen LogP contribution in [0.15, 0.2) is 48.5 Å². The Hall–Kier alpha value is -3.48. The number of ether oxygens (including phenoxy) is 1. The van der Waals surface area contributed by atoms with Crippen LogP contribution in [-0.2, 0) is 0 Å². The van der Waals surface area contributed by atoms with Crippen molar-refractivity contribution >= 4 is 23.0 Å². The van der Waals surface area contributed by atoms with E-state index in [1.165, 1.54) is 31.4 Å². The minimum atomic E-state index is -0.543. The zero-order chi connectivity index (χ0) is 21.8. The zero-order valence-corrected chi connectivity index (χ0v) is 17.2. The number of benzene rings is 2. The van der Waals surface area contributed by atoms with E-state index in [4.69, 9.17) is 4.74 Å². The maximum atomic E-state index is 13.9. The van der Waals surface area contributed by atoms with Crippen LogP contribution in [0.3, 0.4) is 0 Å². The van der Waals surface area contributed by atoms with Gasteiger partial charge in [0.2, 0.25) is 5.88 Å². The zero-order valence-electron chi connectivity index (χ0n) is 17.2. The Morgan fingerprint density at radius 2 is 1.60 bits per heavy atom. The summed E-state index contributed by atoms with van der Waals surface area (Å²) in [6, 6.07) is 11.6. The van der Waals surface area contributed by atoms with Crippen LogP contribution in [0.25, 0.3) is 0 Å². The number of aryl methyl sites for hydroxylation is 1. The SMILES string of the molecule is COc1ccc(NC(=O)c2cc(F)ccc2Nc2ccc(F)cc2C(C)C)c(C)n1. The van der Waals surface area contributed by atoms with E-state index in [0.29, 0.717) is 28.6 Å². The van der Waals surface area contributed by atoms with Gasteiger partial charge in [-0.05, 0) is 60.9 Å². The van der Waals surface area contributed by atoms with Crippen molar-refractivity contribution in [3.63, 3.8) is 0 Å². The van der Waals surface area contributed by atoms with Gasteiger partial charge in [-0.25, -0.2) is 13.8 Å². The second kappa shape index (κ2) is 8.90. The lowest BCUT2D eigenvalue weighted by molar-refractivity contribution is 0.102. The van der Waals surface area contributed by atoms with Crippen LogP contribution >= 0.6 is 0 Å². The van der Waals surface area contributed by atoms with Gasteiger partial charge in [0.05, 0.1) is 29.7 Å². The molecule has 0 radical (unpaired) electrons. The van der Waals surface area contributed by atoms with Crippen molar-refractivity contribution in [2.75, 3.05) is 17.7 Å². The highest BCUT2D eigenvalue weighted by Gasteiger charge is 2.17. The third-order valence-electron chi connectivity index (χ3n) is 4.65. The van der Waals surface area contributed by atoms with Gasteiger partial charge in [0.1, 0.15) is 11.6 Å². The molecule has 156 valence electrons. The van der Waals surface area contributed by atoms with Gasteiger partial charge in [0, 0.05) is 11.8 Å². The van der Waals surface area contributed by atoms with Crippen molar-refractivity contribution in [3.05, 3.63) is 77.0 Å². The number of pyridine rings is 1. The summed E-state index contributed by atoms with van der Waals surface area (Å²) in [5.74, 6) is -0.910. The predicted molar refractivity (Wildman–Crippen MR) is 114 cm³/mol. The lowest BCUT2D eigenvalue weighted by atomic mass is 10.0. The molecule has 0 saturated carbocycles. The van der Waals surface area contributed by atoms with Crippen LogP contribution in [0.4, 0.5) is 25.8 Å². The summed E-state index contributed by atoms with van der Waals surface area (Å²) < 4.78 is 32.7. The quantitative estimate of drug-likeness (QED) is 0.538. The molecule has 5 nitrogen and oxygen atoms in total. The molecule has 2 aromatic carbocycles. The van der Waals surface area contributed by atoms with Crippen molar-refractivity contribution in [1.82, 2.24) is 4.98 Å². The number of carbonyl (C=O) groups is 1. The highest BCUT2D eigenvalue weighted by atomic mass is 19.1. The predicted octanol–water partition coefficient (Wildman–Crippen LogP) is 5.80. The number of methoxy groups -OCH3 is 1. The van der Waals surface area contributed by atoms with Crippen molar-refractivity contribution < 1.29 is 18.3 Å². The maximum Gasteiger partial charge on any atom is 0.257 e. The first kappa shape index (κ1) is 21.2. The van der Waals surface area contributed by atoms with Gasteiger partial charge in [-0.1, -0.05) is 13.8 Å². The normalized spacial score (nSPS) is 10.8. The lowest BCUT2D eigenvalue weighted by Gasteiger charge is -2.17. The smallest absolute Gasteiger partial charge is 0.257 e. The molecular formula is C23H23F2N3O2. The Labute approximate surface area is 174 Å². The van der Waals surface area contributed by atoms with Gasteiger partial charge >= 0.3 is 0 Å². The second-order valence-corrected chi connectivity index (χ2v) is 7.14. The third kappa shape index (κ3) is 4.74. The molecule has 0 aliphatic rings. The van der Waals surface area contributed by atoms with Crippen molar-refractivity contribution in [2.24, 2.45) is 0 Å². The first-order chi connectivity index (χ1) is 14.3. The van der Waals surface area contributed by atoms with Crippen LogP contribution in [0.2, 0.25) is 0 Å². The molecule has 1 heterocycles. The Kier molecular flexibility index (Phi) is 6.30. The summed E-state index contributed by atoms with van der Waals surface area (Å²) in [5, 5.41) is 5.90. The van der Waals surface area contributed by atoms with Gasteiger partial charge < -0.3 is 15.4 Å². The Bertz CT molecular complexity index is 1080. The minimum Gasteiger partial charge on any atom is -0.481 e. The molecule has 1 aromatic heterocycles. The third-order valence-corrected chi connectivity index (χ3v) is 4.65. The molecule has 0 atom stereocenters. The number of nitrogens with one attached hydrogen (secondary N) is 2. The molecule has 0 aliphatic heterocycles. The first-order valence-corrected chi connectivity index (χ1v) is 9.47. The molecule has 30 heavy (non-hydrogen) atoms. The first-order valence-electron chi connectivity index (χ1n) is 9.47. The summed E-state index contributed by atoms with van der Waals surface area (Å²) in [6.07, 6.45) is 0. The summed E-state index contributed by atoms with van der Waals surface area (Å²) in [4.78, 5) is 17.1. The number of halogens is 2. The van der Waals surface area contributed by atoms with Crippen LogP contribution in [-0.4, -0.2) is 18.0 Å². The van der Waals surface area contributed by atoms with Gasteiger partial charge in [-0.3, -0.25) is 4.79 Å². The fraction of sp³-hybridized carbons (Fsp3) is 0.217. The average molecular weight is 411 g/mol. The average Bonchev–Trinajstić information content (AvgIpc) is 2.71. The van der Waals surface area contributed by atoms with E-state index < -0.39 is 11.7 Å². The Morgan fingerprint density at radius 1 is 0.967 bits per heavy atom. The van der Waals surface area contributed by atoms with Gasteiger partial charge in [-0.2, -0.15) is 0 Å². The van der Waals surface area contributed by atoms with E-state index in [0.717, 1.165) is 11.6 Å². The topological polar surface area (TPSA) is 63.2 Å². The largest absolute Gasteiger partial charge is 0.481 e. The second-order valence-electron chi connectivity index (χ2n) is 7.14. The highest BCUT2D eigenvalue weighted by molar-refractivity contribution is 6.08. The van der Waals surface area contributed by atoms with E-state index in [1.54, 1.807) is 25.1 Å². The maximum absolute atomic E-state index is 13.9. The van der Waals surface area contributed by atoms with Crippen molar-refractivity contribution in [1.29, 1.82) is 0 Å². The van der Waals surface area contributed by atoms with E-state index in [-0.39, 0.29) is 17.3 Å². The molecule has 3 aromatic rings. The molecule has 0 aliphatic carbocycles. The molecule has 0 bridgehead atoms. The number of rotatable bonds is 6. The van der Waals surface area contributed by atoms with Gasteiger partial charge in [-0.15, -0.1) is 0 Å². The fourth-order valence-electron chi connectivity index (χ4n) is 3.06. The number of hydrogen-bond acceptors (Lipinski definition) is 4. The van der Waals surface area contributed by atoms with Gasteiger partial charge in [0.25, 0.3) is 5.91 Å². The number of amides is 1. The number of hydrogen-bond donors (Lipinski definition) is 2. The van der Waals surface area contributed by atoms with Crippen molar-refractivity contribution in [2.45, 2.75) is 26.7 Å². The fourth-order valence-corrected chi connectivity index (χ4v) is 3.06. The van der Waals surface area contributed by atoms with Crippen LogP contribution in [0.1, 0.15) is 41.4 Å². The molecule has 1 amide bonds. The monoisotopic (exact) mass is 411 g/mol. The number of nitrogens with zero attached hydrogens (tertiary/aromatic N) is 1. The molecule has 0 spiro atoms. The van der Waals surface area contributed by atoms with E-state index in [1.807, 2.05) is 13.8 Å². The van der Waals surface area contributed by atoms with Crippen LogP contribution in [0, 0.1) is 18.6 Å². The van der Waals surface area contributed by atoms with Gasteiger partial charge in [0.15, 0.2) is 0 Å². The van der Waals surface area contributed by atoms with E-state index in [2.05, 4.69) is 15.6 Å². The Balaban J connectivity index is 1.94. The summed E-state index contributed by atoms with van der Waals surface area (Å²) in [6.45, 7) is 5.62. The minimum absolute atomic E-state index is 0.0500. The molecule has 0 fully saturated rings. The van der Waals surface area contributed by atoms with Crippen LogP contribution < -0.4 is 15.4 Å². The molecule has 2 N–H and O–H groups in total. The highest BCUT2D eigenvalue weighted by Crippen LogP contribution is 2.30. The standard InChI is InChI=1S/C23H23F2N3O2/c1-13(2)17-11-15(24)5-7-20(17)27-21-8-6-16(25)12-18(21)23(29)28-19-9-10-22(30-4)26-14(19)3/h5-13,27H,1-4H3,(H,28,29). The lowest BCUT2D eigenvalue weighted by Crippen LogP contribution is -2.15. The molecular weight excluding hydrogens is 388 g/mol. The molecule has 0 unspecified atom stereocenters. The Morgan fingerprint density at radius 3 is 2.23 bits per heavy atom. The number of carbonyl (C=O) groups excluding carboxylic acids is 1. The number of aromatic nitrogens is 1. The summed E-state index contributed by atoms with van der Waals surface area (Å²) >= 11 is 0. The molecule has 3 rings (SSSR count). The molecule has 0 saturated heterocycles.